The van der Waals surface area contributed by atoms with E-state index in [0.29, 0.717) is 5.57 Å². The molecule has 0 bridgehead atoms. The van der Waals surface area contributed by atoms with Crippen molar-refractivity contribution >= 4 is 5.97 Å². The van der Waals surface area contributed by atoms with Crippen molar-refractivity contribution in [3.8, 4) is 0 Å². The zero-order valence-corrected chi connectivity index (χ0v) is 12.1. The Morgan fingerprint density at radius 1 is 1.29 bits per heavy atom. The normalized spacial score (nSPS) is 13.2. The highest BCUT2D eigenvalue weighted by atomic mass is 16.5. The third-order valence-corrected chi connectivity index (χ3v) is 2.59. The van der Waals surface area contributed by atoms with Crippen LogP contribution in [0.15, 0.2) is 12.2 Å². The van der Waals surface area contributed by atoms with E-state index in [2.05, 4.69) is 34.6 Å². The molecule has 0 rings (SSSR count). The summed E-state index contributed by atoms with van der Waals surface area (Å²) >= 11 is 0. The average Bonchev–Trinajstić information content (AvgIpc) is 2.15. The van der Waals surface area contributed by atoms with E-state index in [-0.39, 0.29) is 12.1 Å². The molecule has 0 saturated heterocycles. The molecule has 0 aliphatic rings. The second-order valence-corrected chi connectivity index (χ2v) is 5.75. The lowest BCUT2D eigenvalue weighted by atomic mass is 10.1. The lowest BCUT2D eigenvalue weighted by Gasteiger charge is -2.25. The Morgan fingerprint density at radius 3 is 2.29 bits per heavy atom. The number of quaternary nitrogens is 1. The van der Waals surface area contributed by atoms with Gasteiger partial charge in [-0.05, 0) is 19.8 Å². The van der Waals surface area contributed by atoms with Crippen LogP contribution in [0.1, 0.15) is 39.5 Å². The predicted octanol–water partition coefficient (Wildman–Crippen LogP) is 2.76. The van der Waals surface area contributed by atoms with Gasteiger partial charge >= 0.3 is 5.97 Å². The maximum absolute atomic E-state index is 11.5. The molecule has 1 unspecified atom stereocenters. The van der Waals surface area contributed by atoms with Gasteiger partial charge in [-0.15, -0.1) is 0 Å². The molecule has 0 aromatic rings. The molecule has 0 heterocycles. The van der Waals surface area contributed by atoms with Crippen molar-refractivity contribution in [2.24, 2.45) is 0 Å². The van der Waals surface area contributed by atoms with Gasteiger partial charge in [0.15, 0.2) is 0 Å². The summed E-state index contributed by atoms with van der Waals surface area (Å²) in [5, 5.41) is 0. The number of hydrogen-bond acceptors (Lipinski definition) is 2. The number of hydrogen-bond donors (Lipinski definition) is 0. The van der Waals surface area contributed by atoms with Gasteiger partial charge < -0.3 is 9.22 Å². The Balaban J connectivity index is 4.07. The van der Waals surface area contributed by atoms with Crippen molar-refractivity contribution in [2.45, 2.75) is 45.6 Å². The van der Waals surface area contributed by atoms with Crippen LogP contribution in [0.25, 0.3) is 0 Å². The van der Waals surface area contributed by atoms with Crippen LogP contribution >= 0.6 is 0 Å². The fourth-order valence-electron chi connectivity index (χ4n) is 1.63. The first-order valence-electron chi connectivity index (χ1n) is 6.43. The van der Waals surface area contributed by atoms with Crippen LogP contribution in [0, 0.1) is 0 Å². The monoisotopic (exact) mass is 242 g/mol. The van der Waals surface area contributed by atoms with Crippen LogP contribution in [0.2, 0.25) is 0 Å². The highest BCUT2D eigenvalue weighted by Crippen LogP contribution is 2.12. The predicted molar refractivity (Wildman–Crippen MR) is 71.7 cm³/mol. The molecule has 3 nitrogen and oxygen atoms in total. The summed E-state index contributed by atoms with van der Waals surface area (Å²) in [4.78, 5) is 11.5. The molecule has 100 valence electrons. The minimum absolute atomic E-state index is 0.0516. The summed E-state index contributed by atoms with van der Waals surface area (Å²) < 4.78 is 6.37. The van der Waals surface area contributed by atoms with Crippen molar-refractivity contribution < 1.29 is 14.0 Å². The number of carbonyl (C=O) groups is 1. The summed E-state index contributed by atoms with van der Waals surface area (Å²) in [5.41, 5.74) is 0.484. The van der Waals surface area contributed by atoms with Crippen molar-refractivity contribution in [2.75, 3.05) is 27.7 Å². The van der Waals surface area contributed by atoms with Crippen LogP contribution in [-0.4, -0.2) is 44.2 Å². The molecule has 0 fully saturated rings. The SMILES string of the molecule is C=C(C)C(=O)OC(CCC)CCC[N+](C)(C)C. The number of carbonyl (C=O) groups excluding carboxylic acids is 1. The zero-order chi connectivity index (χ0) is 13.5. The zero-order valence-electron chi connectivity index (χ0n) is 12.1. The minimum Gasteiger partial charge on any atom is -0.459 e. The van der Waals surface area contributed by atoms with Crippen LogP contribution < -0.4 is 0 Å². The Hall–Kier alpha value is -0.830. The van der Waals surface area contributed by atoms with E-state index in [1.54, 1.807) is 6.92 Å². The Morgan fingerprint density at radius 2 is 1.88 bits per heavy atom. The Bertz CT molecular complexity index is 253. The van der Waals surface area contributed by atoms with Gasteiger partial charge in [-0.1, -0.05) is 19.9 Å². The van der Waals surface area contributed by atoms with Crippen LogP contribution in [0.3, 0.4) is 0 Å². The molecule has 0 aromatic heterocycles. The second kappa shape index (κ2) is 7.49. The average molecular weight is 242 g/mol. The van der Waals surface area contributed by atoms with Gasteiger partial charge in [0.1, 0.15) is 6.10 Å². The van der Waals surface area contributed by atoms with Crippen molar-refractivity contribution in [1.29, 1.82) is 0 Å². The van der Waals surface area contributed by atoms with E-state index in [9.17, 15) is 4.79 Å². The Kier molecular flexibility index (Phi) is 7.12. The number of esters is 1. The number of nitrogens with zero attached hydrogens (tertiary/aromatic N) is 1. The lowest BCUT2D eigenvalue weighted by molar-refractivity contribution is -0.870. The maximum Gasteiger partial charge on any atom is 0.333 e. The summed E-state index contributed by atoms with van der Waals surface area (Å²) in [6.07, 6.45) is 4.06. The fourth-order valence-corrected chi connectivity index (χ4v) is 1.63. The molecule has 0 radical (unpaired) electrons. The third-order valence-electron chi connectivity index (χ3n) is 2.59. The van der Waals surface area contributed by atoms with E-state index >= 15 is 0 Å². The molecular weight excluding hydrogens is 214 g/mol. The van der Waals surface area contributed by atoms with Gasteiger partial charge in [0.05, 0.1) is 27.7 Å². The van der Waals surface area contributed by atoms with Crippen molar-refractivity contribution in [1.82, 2.24) is 0 Å². The molecule has 0 spiro atoms. The molecule has 3 heteroatoms. The maximum atomic E-state index is 11.5. The van der Waals surface area contributed by atoms with Gasteiger partial charge in [-0.3, -0.25) is 0 Å². The molecule has 1 atom stereocenters. The van der Waals surface area contributed by atoms with Crippen LogP contribution in [0.5, 0.6) is 0 Å². The smallest absolute Gasteiger partial charge is 0.333 e. The standard InChI is InChI=1S/C14H28NO2/c1-7-9-13(17-14(16)12(2)3)10-8-11-15(4,5)6/h13H,2,7-11H2,1,3-6H3/q+1. The second-order valence-electron chi connectivity index (χ2n) is 5.75. The first-order chi connectivity index (χ1) is 7.76. The minimum atomic E-state index is -0.256. The van der Waals surface area contributed by atoms with Crippen LogP contribution in [0.4, 0.5) is 0 Å². The summed E-state index contributed by atoms with van der Waals surface area (Å²) in [6, 6.07) is 0. The molecule has 0 aliphatic carbocycles. The van der Waals surface area contributed by atoms with E-state index in [0.717, 1.165) is 36.7 Å². The summed E-state index contributed by atoms with van der Waals surface area (Å²) in [7, 11) is 6.53. The highest BCUT2D eigenvalue weighted by Gasteiger charge is 2.15. The van der Waals surface area contributed by atoms with E-state index in [1.165, 1.54) is 0 Å². The first-order valence-corrected chi connectivity index (χ1v) is 6.43. The van der Waals surface area contributed by atoms with Crippen LogP contribution in [-0.2, 0) is 9.53 Å². The molecular formula is C14H28NO2+. The van der Waals surface area contributed by atoms with Crippen molar-refractivity contribution in [3.05, 3.63) is 12.2 Å². The van der Waals surface area contributed by atoms with Gasteiger partial charge in [0.25, 0.3) is 0 Å². The summed E-state index contributed by atoms with van der Waals surface area (Å²) in [5.74, 6) is -0.256. The van der Waals surface area contributed by atoms with Gasteiger partial charge in [0.2, 0.25) is 0 Å². The summed E-state index contributed by atoms with van der Waals surface area (Å²) in [6.45, 7) is 8.52. The van der Waals surface area contributed by atoms with E-state index in [1.807, 2.05) is 0 Å². The van der Waals surface area contributed by atoms with Gasteiger partial charge in [-0.25, -0.2) is 4.79 Å². The van der Waals surface area contributed by atoms with Crippen molar-refractivity contribution in [3.63, 3.8) is 0 Å². The number of ether oxygens (including phenoxy) is 1. The molecule has 17 heavy (non-hydrogen) atoms. The first kappa shape index (κ1) is 16.2. The van der Waals surface area contributed by atoms with Gasteiger partial charge in [-0.2, -0.15) is 0 Å². The lowest BCUT2D eigenvalue weighted by Crippen LogP contribution is -2.35. The largest absolute Gasteiger partial charge is 0.459 e. The van der Waals surface area contributed by atoms with E-state index in [4.69, 9.17) is 4.74 Å². The third kappa shape index (κ3) is 8.93. The molecule has 0 amide bonds. The molecule has 0 saturated carbocycles. The fraction of sp³-hybridized carbons (Fsp3) is 0.786. The van der Waals surface area contributed by atoms with Gasteiger partial charge in [0, 0.05) is 12.0 Å². The quantitative estimate of drug-likeness (QED) is 0.372. The number of rotatable bonds is 8. The topological polar surface area (TPSA) is 26.3 Å². The molecule has 0 N–H and O–H groups in total. The molecule has 0 aliphatic heterocycles. The Labute approximate surface area is 106 Å². The highest BCUT2D eigenvalue weighted by molar-refractivity contribution is 5.87. The molecule has 0 aromatic carbocycles. The van der Waals surface area contributed by atoms with E-state index < -0.39 is 0 Å².